The maximum Gasteiger partial charge on any atom is 0.294 e. The van der Waals surface area contributed by atoms with Gasteiger partial charge < -0.3 is 19.7 Å². The number of rotatable bonds is 7. The number of carbonyl (C=O) groups excluding carboxylic acids is 4. The van der Waals surface area contributed by atoms with Gasteiger partial charge in [0.2, 0.25) is 5.91 Å². The van der Waals surface area contributed by atoms with Gasteiger partial charge in [-0.05, 0) is 70.0 Å². The standard InChI is InChI=1S/C25H24BrN3O6S/c1-16-4-2-3-5-19(16)27-22(30)15-35-20-7-6-17(12-18(20)26)13-21-24(32)29(25(33)36-21)14-23(31)28-8-10-34-11-9-28/h2-7,12-13H,8-11,14-15H2,1H3,(H,27,30)/b21-13-. The molecule has 2 heterocycles. The highest BCUT2D eigenvalue weighted by Gasteiger charge is 2.37. The molecule has 188 valence electrons. The van der Waals surface area contributed by atoms with Crippen LogP contribution in [-0.2, 0) is 19.1 Å². The molecular weight excluding hydrogens is 550 g/mol. The van der Waals surface area contributed by atoms with Crippen LogP contribution < -0.4 is 10.1 Å². The average Bonchev–Trinajstić information content (AvgIpc) is 3.12. The summed E-state index contributed by atoms with van der Waals surface area (Å²) in [6.45, 7) is 3.22. The lowest BCUT2D eigenvalue weighted by atomic mass is 10.2. The molecule has 2 aromatic carbocycles. The predicted molar refractivity (Wildman–Crippen MR) is 140 cm³/mol. The van der Waals surface area contributed by atoms with Gasteiger partial charge in [-0.25, -0.2) is 0 Å². The number of anilines is 1. The van der Waals surface area contributed by atoms with E-state index in [-0.39, 0.29) is 29.9 Å². The fraction of sp³-hybridized carbons (Fsp3) is 0.280. The number of nitrogens with one attached hydrogen (secondary N) is 1. The zero-order chi connectivity index (χ0) is 25.7. The first-order chi connectivity index (χ1) is 17.3. The van der Waals surface area contributed by atoms with Gasteiger partial charge in [0.05, 0.1) is 22.6 Å². The Morgan fingerprint density at radius 3 is 2.64 bits per heavy atom. The molecule has 2 aliphatic heterocycles. The molecule has 0 spiro atoms. The van der Waals surface area contributed by atoms with Gasteiger partial charge in [0.1, 0.15) is 12.3 Å². The van der Waals surface area contributed by atoms with Crippen LogP contribution in [0.1, 0.15) is 11.1 Å². The van der Waals surface area contributed by atoms with Gasteiger partial charge in [0.25, 0.3) is 17.1 Å². The Kier molecular flexibility index (Phi) is 8.44. The number of ether oxygens (including phenoxy) is 2. The number of hydrogen-bond acceptors (Lipinski definition) is 7. The maximum atomic E-state index is 12.8. The summed E-state index contributed by atoms with van der Waals surface area (Å²) in [5.74, 6) is -0.620. The molecule has 2 saturated heterocycles. The quantitative estimate of drug-likeness (QED) is 0.504. The summed E-state index contributed by atoms with van der Waals surface area (Å²) in [4.78, 5) is 52.7. The van der Waals surface area contributed by atoms with Gasteiger partial charge in [0.15, 0.2) is 6.61 Å². The Morgan fingerprint density at radius 2 is 1.92 bits per heavy atom. The summed E-state index contributed by atoms with van der Waals surface area (Å²) in [7, 11) is 0. The molecule has 4 amide bonds. The molecule has 0 aromatic heterocycles. The second kappa shape index (κ2) is 11.7. The maximum absolute atomic E-state index is 12.8. The van der Waals surface area contributed by atoms with E-state index in [1.165, 1.54) is 0 Å². The molecule has 0 radical (unpaired) electrons. The molecule has 36 heavy (non-hydrogen) atoms. The van der Waals surface area contributed by atoms with Crippen LogP contribution in [0.15, 0.2) is 51.8 Å². The number of hydrogen-bond donors (Lipinski definition) is 1. The van der Waals surface area contributed by atoms with Gasteiger partial charge in [-0.3, -0.25) is 24.1 Å². The van der Waals surface area contributed by atoms with Gasteiger partial charge >= 0.3 is 0 Å². The minimum absolute atomic E-state index is 0.178. The third-order valence-electron chi connectivity index (χ3n) is 5.56. The van der Waals surface area contributed by atoms with Crippen molar-refractivity contribution in [3.8, 4) is 5.75 Å². The predicted octanol–water partition coefficient (Wildman–Crippen LogP) is 3.67. The molecule has 11 heteroatoms. The van der Waals surface area contributed by atoms with E-state index < -0.39 is 11.1 Å². The SMILES string of the molecule is Cc1ccccc1NC(=O)COc1ccc(/C=C2\SC(=O)N(CC(=O)N3CCOCC3)C2=O)cc1Br. The van der Waals surface area contributed by atoms with E-state index in [0.29, 0.717) is 42.1 Å². The first-order valence-electron chi connectivity index (χ1n) is 11.2. The monoisotopic (exact) mass is 573 g/mol. The summed E-state index contributed by atoms with van der Waals surface area (Å²) >= 11 is 4.22. The molecule has 0 atom stereocenters. The highest BCUT2D eigenvalue weighted by molar-refractivity contribution is 9.10. The van der Waals surface area contributed by atoms with Gasteiger partial charge in [-0.1, -0.05) is 24.3 Å². The van der Waals surface area contributed by atoms with Gasteiger partial charge in [-0.2, -0.15) is 0 Å². The number of carbonyl (C=O) groups is 4. The van der Waals surface area contributed by atoms with E-state index >= 15 is 0 Å². The van der Waals surface area contributed by atoms with Crippen molar-refractivity contribution >= 4 is 62.4 Å². The first-order valence-corrected chi connectivity index (χ1v) is 12.8. The van der Waals surface area contributed by atoms with Crippen molar-refractivity contribution in [2.75, 3.05) is 44.8 Å². The van der Waals surface area contributed by atoms with Crippen molar-refractivity contribution in [2.24, 2.45) is 0 Å². The van der Waals surface area contributed by atoms with Crippen molar-refractivity contribution in [2.45, 2.75) is 6.92 Å². The summed E-state index contributed by atoms with van der Waals surface area (Å²) < 4.78 is 11.4. The Bertz CT molecular complexity index is 1230. The number of para-hydroxylation sites is 1. The molecule has 2 aliphatic rings. The second-order valence-electron chi connectivity index (χ2n) is 8.10. The van der Waals surface area contributed by atoms with Crippen molar-refractivity contribution in [1.82, 2.24) is 9.80 Å². The number of thioether (sulfide) groups is 1. The van der Waals surface area contributed by atoms with Gasteiger partial charge in [0, 0.05) is 18.8 Å². The lowest BCUT2D eigenvalue weighted by molar-refractivity contribution is -0.139. The number of morpholine rings is 1. The Labute approximate surface area is 220 Å². The Balaban J connectivity index is 1.35. The molecule has 0 aliphatic carbocycles. The molecule has 4 rings (SSSR count). The van der Waals surface area contributed by atoms with E-state index in [2.05, 4.69) is 21.2 Å². The molecule has 0 unspecified atom stereocenters. The van der Waals surface area contributed by atoms with Crippen molar-refractivity contribution < 1.29 is 28.7 Å². The molecular formula is C25H24BrN3O6S. The van der Waals surface area contributed by atoms with Crippen LogP contribution in [0.25, 0.3) is 6.08 Å². The lowest BCUT2D eigenvalue weighted by Crippen LogP contribution is -2.46. The van der Waals surface area contributed by atoms with Crippen LogP contribution in [-0.4, -0.2) is 72.2 Å². The summed E-state index contributed by atoms with van der Waals surface area (Å²) in [6.07, 6.45) is 1.59. The highest BCUT2D eigenvalue weighted by Crippen LogP contribution is 2.34. The average molecular weight is 574 g/mol. The smallest absolute Gasteiger partial charge is 0.294 e. The van der Waals surface area contributed by atoms with Crippen molar-refractivity contribution in [3.05, 3.63) is 63.0 Å². The molecule has 1 N–H and O–H groups in total. The third kappa shape index (κ3) is 6.34. The number of benzene rings is 2. The summed E-state index contributed by atoms with van der Waals surface area (Å²) in [5, 5.41) is 2.33. The van der Waals surface area contributed by atoms with E-state index in [9.17, 15) is 19.2 Å². The van der Waals surface area contributed by atoms with Crippen LogP contribution >= 0.6 is 27.7 Å². The van der Waals surface area contributed by atoms with Crippen LogP contribution in [0, 0.1) is 6.92 Å². The minimum atomic E-state index is -0.504. The topological polar surface area (TPSA) is 105 Å². The zero-order valence-electron chi connectivity index (χ0n) is 19.5. The number of nitrogens with zero attached hydrogens (tertiary/aromatic N) is 2. The molecule has 2 fully saturated rings. The first kappa shape index (κ1) is 25.9. The normalized spacial score (nSPS) is 17.0. The Hall–Kier alpha value is -3.15. The molecule has 2 aromatic rings. The van der Waals surface area contributed by atoms with E-state index in [1.54, 1.807) is 29.2 Å². The van der Waals surface area contributed by atoms with E-state index in [0.717, 1.165) is 27.9 Å². The largest absolute Gasteiger partial charge is 0.483 e. The molecule has 0 saturated carbocycles. The number of aryl methyl sites for hydroxylation is 1. The summed E-state index contributed by atoms with van der Waals surface area (Å²) in [6, 6.07) is 12.6. The van der Waals surface area contributed by atoms with E-state index in [1.807, 2.05) is 31.2 Å². The van der Waals surface area contributed by atoms with E-state index in [4.69, 9.17) is 9.47 Å². The van der Waals surface area contributed by atoms with Crippen LogP contribution in [0.2, 0.25) is 0 Å². The van der Waals surface area contributed by atoms with Crippen LogP contribution in [0.4, 0.5) is 10.5 Å². The highest BCUT2D eigenvalue weighted by atomic mass is 79.9. The molecule has 0 bridgehead atoms. The number of halogens is 1. The Morgan fingerprint density at radius 1 is 1.17 bits per heavy atom. The third-order valence-corrected chi connectivity index (χ3v) is 7.09. The number of amides is 4. The molecule has 9 nitrogen and oxygen atoms in total. The fourth-order valence-corrected chi connectivity index (χ4v) is 4.95. The fourth-order valence-electron chi connectivity index (χ4n) is 3.60. The van der Waals surface area contributed by atoms with Gasteiger partial charge in [-0.15, -0.1) is 0 Å². The number of imide groups is 1. The van der Waals surface area contributed by atoms with Crippen LogP contribution in [0.3, 0.4) is 0 Å². The van der Waals surface area contributed by atoms with Crippen LogP contribution in [0.5, 0.6) is 5.75 Å². The van der Waals surface area contributed by atoms with Crippen molar-refractivity contribution in [1.29, 1.82) is 0 Å². The minimum Gasteiger partial charge on any atom is -0.483 e. The van der Waals surface area contributed by atoms with Crippen molar-refractivity contribution in [3.63, 3.8) is 0 Å². The lowest BCUT2D eigenvalue weighted by Gasteiger charge is -2.28. The summed E-state index contributed by atoms with van der Waals surface area (Å²) in [5.41, 5.74) is 2.33. The zero-order valence-corrected chi connectivity index (χ0v) is 21.9. The second-order valence-corrected chi connectivity index (χ2v) is 9.95.